The lowest BCUT2D eigenvalue weighted by Gasteiger charge is -2.11. The summed E-state index contributed by atoms with van der Waals surface area (Å²) in [5.41, 5.74) is 2.29. The van der Waals surface area contributed by atoms with Gasteiger partial charge >= 0.3 is 0 Å². The fourth-order valence-corrected chi connectivity index (χ4v) is 8.45. The molecule has 260 valence electrons. The van der Waals surface area contributed by atoms with Gasteiger partial charge in [0.05, 0.1) is 31.6 Å². The summed E-state index contributed by atoms with van der Waals surface area (Å²) in [5.74, 6) is -0.269. The van der Waals surface area contributed by atoms with E-state index in [1.54, 1.807) is 35.2 Å². The summed E-state index contributed by atoms with van der Waals surface area (Å²) in [6.45, 7) is 0.928. The molecular weight excluding hydrogens is 727 g/mol. The monoisotopic (exact) mass is 757 g/mol. The van der Waals surface area contributed by atoms with Crippen LogP contribution in [-0.4, -0.2) is 42.4 Å². The highest BCUT2D eigenvalue weighted by molar-refractivity contribution is 7.99. The van der Waals surface area contributed by atoms with Gasteiger partial charge in [0.2, 0.25) is 5.91 Å². The summed E-state index contributed by atoms with van der Waals surface area (Å²) >= 11 is 4.71. The molecule has 51 heavy (non-hydrogen) atoms. The van der Waals surface area contributed by atoms with Gasteiger partial charge in [0.15, 0.2) is 0 Å². The number of aromatic nitrogens is 1. The van der Waals surface area contributed by atoms with Crippen LogP contribution in [0.5, 0.6) is 0 Å². The number of thiazole rings is 1. The Bertz CT molecular complexity index is 2280. The van der Waals surface area contributed by atoms with Crippen LogP contribution in [0.15, 0.2) is 118 Å². The largest absolute Gasteiger partial charge is 0.379 e. The number of aryl methyl sites for hydroxylation is 1. The molecule has 0 radical (unpaired) electrons. The molecule has 0 fully saturated rings. The molecule has 0 bridgehead atoms. The van der Waals surface area contributed by atoms with Crippen LogP contribution in [0.2, 0.25) is 0 Å². The first-order valence-corrected chi connectivity index (χ1v) is 19.9. The van der Waals surface area contributed by atoms with Crippen LogP contribution >= 0.6 is 34.4 Å². The second kappa shape index (κ2) is 16.3. The van der Waals surface area contributed by atoms with Crippen LogP contribution in [0.25, 0.3) is 21.3 Å². The van der Waals surface area contributed by atoms with Gasteiger partial charge in [-0.2, -0.15) is 0 Å². The molecule has 11 nitrogen and oxygen atoms in total. The molecule has 0 aliphatic carbocycles. The number of fused-ring (bicyclic) bond motifs is 1. The van der Waals surface area contributed by atoms with Gasteiger partial charge in [-0.05, 0) is 71.1 Å². The Morgan fingerprint density at radius 1 is 0.902 bits per heavy atom. The number of rotatable bonds is 15. The minimum Gasteiger partial charge on any atom is -0.379 e. The maximum Gasteiger partial charge on any atom is 0.293 e. The number of nitrogens with one attached hydrogen (secondary N) is 3. The molecule has 4 aromatic carbocycles. The highest BCUT2D eigenvalue weighted by atomic mass is 32.2. The smallest absolute Gasteiger partial charge is 0.293 e. The fraction of sp³-hybridized carbons (Fsp3) is 0.139. The Hall–Kier alpha value is -5.09. The third kappa shape index (κ3) is 9.38. The lowest BCUT2D eigenvalue weighted by molar-refractivity contribution is -0.384. The molecule has 2 aromatic heterocycles. The van der Waals surface area contributed by atoms with Gasteiger partial charge < -0.3 is 10.6 Å². The minimum atomic E-state index is -4.42. The molecule has 6 aromatic rings. The summed E-state index contributed by atoms with van der Waals surface area (Å²) < 4.78 is 29.2. The molecule has 0 unspecified atom stereocenters. The quantitative estimate of drug-likeness (QED) is 0.0417. The lowest BCUT2D eigenvalue weighted by Crippen LogP contribution is -2.30. The standard InChI is InChI=1S/C36H31N5O6S4/c42-34(38-23-28-7-4-19-48-28)16-17-35-39-31-21-26(12-15-33(31)50-35)24-8-10-25(11-9-24)36(43)40-51(46,47)29-13-14-30(32(22-29)41(44)45)37-18-20-49-27-5-2-1-3-6-27/h1-15,19,21-22,37H,16-18,20,23H2,(H,38,42)(H,40,43). The molecule has 2 heterocycles. The van der Waals surface area contributed by atoms with Crippen molar-refractivity contribution in [2.24, 2.45) is 0 Å². The van der Waals surface area contributed by atoms with Crippen molar-refractivity contribution in [3.8, 4) is 11.1 Å². The summed E-state index contributed by atoms with van der Waals surface area (Å²) in [5, 5.41) is 20.6. The molecule has 0 aliphatic rings. The summed E-state index contributed by atoms with van der Waals surface area (Å²) in [6.07, 6.45) is 0.867. The number of nitrogens with zero attached hydrogens (tertiary/aromatic N) is 2. The van der Waals surface area contributed by atoms with Crippen LogP contribution in [0.4, 0.5) is 11.4 Å². The second-order valence-corrected chi connectivity index (χ2v) is 16.2. The van der Waals surface area contributed by atoms with E-state index in [9.17, 15) is 28.1 Å². The van der Waals surface area contributed by atoms with E-state index in [2.05, 4.69) is 10.6 Å². The van der Waals surface area contributed by atoms with Gasteiger partial charge in [-0.25, -0.2) is 18.1 Å². The highest BCUT2D eigenvalue weighted by Crippen LogP contribution is 2.30. The van der Waals surface area contributed by atoms with Gasteiger partial charge in [-0.15, -0.1) is 34.4 Å². The van der Waals surface area contributed by atoms with Crippen LogP contribution in [0.3, 0.4) is 0 Å². The molecule has 3 N–H and O–H groups in total. The maximum absolute atomic E-state index is 13.1. The first-order chi connectivity index (χ1) is 24.6. The van der Waals surface area contributed by atoms with Crippen LogP contribution < -0.4 is 15.4 Å². The van der Waals surface area contributed by atoms with Crippen molar-refractivity contribution in [2.75, 3.05) is 17.6 Å². The molecule has 0 spiro atoms. The SMILES string of the molecule is O=C(CCc1nc2cc(-c3ccc(C(=O)NS(=O)(=O)c4ccc(NCCSc5ccccc5)c([N+](=O)[O-])c4)cc3)ccc2s1)NCc1cccs1. The lowest BCUT2D eigenvalue weighted by atomic mass is 10.0. The number of nitro benzene ring substituents is 1. The Morgan fingerprint density at radius 2 is 1.69 bits per heavy atom. The van der Waals surface area contributed by atoms with Crippen molar-refractivity contribution in [1.29, 1.82) is 0 Å². The van der Waals surface area contributed by atoms with E-state index in [1.807, 2.05) is 70.8 Å². The first kappa shape index (κ1) is 35.7. The molecule has 0 atom stereocenters. The van der Waals surface area contributed by atoms with E-state index in [1.165, 1.54) is 35.6 Å². The number of thiophene rings is 1. The van der Waals surface area contributed by atoms with Gasteiger partial charge in [-0.3, -0.25) is 19.7 Å². The number of carbonyl (C=O) groups is 2. The summed E-state index contributed by atoms with van der Waals surface area (Å²) in [7, 11) is -4.42. The number of hydrogen-bond acceptors (Lipinski definition) is 11. The molecule has 2 amide bonds. The van der Waals surface area contributed by atoms with E-state index in [0.29, 0.717) is 31.7 Å². The first-order valence-electron chi connectivity index (χ1n) is 15.7. The average molecular weight is 758 g/mol. The second-order valence-electron chi connectivity index (χ2n) is 11.2. The zero-order chi connectivity index (χ0) is 35.8. The Kier molecular flexibility index (Phi) is 11.4. The number of amides is 2. The molecule has 6 rings (SSSR count). The average Bonchev–Trinajstić information content (AvgIpc) is 3.81. The predicted octanol–water partition coefficient (Wildman–Crippen LogP) is 7.50. The zero-order valence-corrected chi connectivity index (χ0v) is 30.2. The number of carbonyl (C=O) groups excluding carboxylic acids is 2. The fourth-order valence-electron chi connectivity index (χ4n) is 5.07. The maximum atomic E-state index is 13.1. The van der Waals surface area contributed by atoms with E-state index in [-0.39, 0.29) is 17.2 Å². The number of benzene rings is 4. The minimum absolute atomic E-state index is 0.0307. The van der Waals surface area contributed by atoms with E-state index in [4.69, 9.17) is 4.98 Å². The van der Waals surface area contributed by atoms with Crippen molar-refractivity contribution in [2.45, 2.75) is 29.2 Å². The number of sulfonamides is 1. The van der Waals surface area contributed by atoms with E-state index >= 15 is 0 Å². The molecular formula is C36H31N5O6S4. The Morgan fingerprint density at radius 3 is 2.43 bits per heavy atom. The molecule has 15 heteroatoms. The Balaban J connectivity index is 1.05. The summed E-state index contributed by atoms with van der Waals surface area (Å²) in [4.78, 5) is 42.9. The van der Waals surface area contributed by atoms with Gasteiger partial charge in [0.1, 0.15) is 5.69 Å². The zero-order valence-electron chi connectivity index (χ0n) is 26.9. The van der Waals surface area contributed by atoms with Crippen LogP contribution in [0, 0.1) is 10.1 Å². The van der Waals surface area contributed by atoms with Crippen molar-refractivity contribution in [1.82, 2.24) is 15.0 Å². The van der Waals surface area contributed by atoms with Crippen molar-refractivity contribution >= 4 is 77.9 Å². The molecule has 0 aliphatic heterocycles. The van der Waals surface area contributed by atoms with Crippen LogP contribution in [-0.2, 0) is 27.8 Å². The third-order valence-corrected chi connectivity index (χ3v) is 12.0. The third-order valence-electron chi connectivity index (χ3n) is 7.65. The summed E-state index contributed by atoms with van der Waals surface area (Å²) in [6, 6.07) is 29.4. The normalized spacial score (nSPS) is 11.3. The highest BCUT2D eigenvalue weighted by Gasteiger charge is 2.24. The van der Waals surface area contributed by atoms with Gasteiger partial charge in [-0.1, -0.05) is 42.5 Å². The molecule has 0 saturated heterocycles. The molecule has 0 saturated carbocycles. The van der Waals surface area contributed by atoms with Gasteiger partial charge in [0, 0.05) is 46.5 Å². The van der Waals surface area contributed by atoms with Crippen LogP contribution in [0.1, 0.15) is 26.7 Å². The van der Waals surface area contributed by atoms with E-state index in [0.717, 1.165) is 42.2 Å². The Labute approximate surface area is 306 Å². The number of thioether (sulfide) groups is 1. The number of anilines is 1. The number of nitro groups is 1. The van der Waals surface area contributed by atoms with Gasteiger partial charge in [0.25, 0.3) is 21.6 Å². The number of hydrogen-bond donors (Lipinski definition) is 3. The van der Waals surface area contributed by atoms with E-state index < -0.39 is 31.4 Å². The van der Waals surface area contributed by atoms with Crippen molar-refractivity contribution in [3.63, 3.8) is 0 Å². The van der Waals surface area contributed by atoms with Crippen molar-refractivity contribution < 1.29 is 22.9 Å². The topological polar surface area (TPSA) is 160 Å². The predicted molar refractivity (Wildman–Crippen MR) is 203 cm³/mol. The van der Waals surface area contributed by atoms with Crippen molar-refractivity contribution in [3.05, 3.63) is 134 Å².